The zero-order valence-electron chi connectivity index (χ0n) is 18.0. The van der Waals surface area contributed by atoms with Crippen LogP contribution in [0.3, 0.4) is 0 Å². The Morgan fingerprint density at radius 1 is 1.09 bits per heavy atom. The molecule has 1 spiro atoms. The monoisotopic (exact) mass is 463 g/mol. The molecule has 2 aromatic carbocycles. The lowest BCUT2D eigenvalue weighted by atomic mass is 9.76. The van der Waals surface area contributed by atoms with Gasteiger partial charge in [0, 0.05) is 24.0 Å². The Bertz CT molecular complexity index is 1260. The van der Waals surface area contributed by atoms with Gasteiger partial charge in [0.2, 0.25) is 17.4 Å². The summed E-state index contributed by atoms with van der Waals surface area (Å²) in [6.07, 6.45) is -0.191. The second kappa shape index (κ2) is 7.29. The van der Waals surface area contributed by atoms with Gasteiger partial charge in [0.15, 0.2) is 11.5 Å². The Balaban J connectivity index is 1.46. The molecule has 34 heavy (non-hydrogen) atoms. The normalized spacial score (nSPS) is 28.8. The van der Waals surface area contributed by atoms with Crippen molar-refractivity contribution in [1.82, 2.24) is 0 Å². The summed E-state index contributed by atoms with van der Waals surface area (Å²) in [6.45, 7) is 0.759. The summed E-state index contributed by atoms with van der Waals surface area (Å²) < 4.78 is 11.2. The summed E-state index contributed by atoms with van der Waals surface area (Å²) in [5.41, 5.74) is 0.180. The molecule has 2 saturated heterocycles. The van der Waals surface area contributed by atoms with Gasteiger partial charge in [0.1, 0.15) is 31.1 Å². The van der Waals surface area contributed by atoms with Crippen LogP contribution < -0.4 is 30.1 Å². The summed E-state index contributed by atoms with van der Waals surface area (Å²) >= 11 is 0. The number of nitrogens with zero attached hydrogens (tertiary/aromatic N) is 1. The molecule has 0 bridgehead atoms. The second-order valence-electron chi connectivity index (χ2n) is 8.95. The van der Waals surface area contributed by atoms with E-state index in [2.05, 4.69) is 5.32 Å². The Kier molecular flexibility index (Phi) is 4.43. The number of quaternary nitrogens is 1. The molecule has 4 atom stereocenters. The minimum Gasteiger partial charge on any atom is -0.550 e. The van der Waals surface area contributed by atoms with Crippen molar-refractivity contribution >= 4 is 35.1 Å². The molecular weight excluding hydrogens is 442 g/mol. The molecule has 174 valence electrons. The number of ether oxygens (including phenoxy) is 2. The Morgan fingerprint density at radius 3 is 2.65 bits per heavy atom. The van der Waals surface area contributed by atoms with Crippen molar-refractivity contribution in [2.45, 2.75) is 24.4 Å². The molecule has 0 unspecified atom stereocenters. The van der Waals surface area contributed by atoms with Crippen molar-refractivity contribution in [3.8, 4) is 11.5 Å². The van der Waals surface area contributed by atoms with Crippen molar-refractivity contribution in [1.29, 1.82) is 0 Å². The zero-order valence-corrected chi connectivity index (χ0v) is 18.0. The molecule has 3 N–H and O–H groups in total. The Morgan fingerprint density at radius 2 is 1.85 bits per heavy atom. The number of carboxylic acid groups (broad SMARTS) is 1. The molecule has 6 rings (SSSR count). The van der Waals surface area contributed by atoms with E-state index in [1.54, 1.807) is 47.8 Å². The van der Waals surface area contributed by atoms with Gasteiger partial charge < -0.3 is 30.0 Å². The maximum absolute atomic E-state index is 13.9. The van der Waals surface area contributed by atoms with Gasteiger partial charge in [-0.2, -0.15) is 0 Å². The van der Waals surface area contributed by atoms with Crippen molar-refractivity contribution in [3.05, 3.63) is 48.0 Å². The SMILES string of the molecule is O=C([O-])CC[C@H]1[NH2+][C@@]2(C(=O)Nc3ccccc32)[C@@H]2C(=O)N(c3ccc4c(c3)OCCO4)C(=O)[C@@H]21. The maximum atomic E-state index is 13.9. The van der Waals surface area contributed by atoms with Gasteiger partial charge in [-0.1, -0.05) is 18.2 Å². The maximum Gasteiger partial charge on any atom is 0.291 e. The fourth-order valence-corrected chi connectivity index (χ4v) is 5.89. The van der Waals surface area contributed by atoms with Crippen LogP contribution >= 0.6 is 0 Å². The predicted molar refractivity (Wildman–Crippen MR) is 114 cm³/mol. The number of anilines is 2. The van der Waals surface area contributed by atoms with E-state index in [-0.39, 0.29) is 18.7 Å². The molecule has 10 heteroatoms. The smallest absolute Gasteiger partial charge is 0.291 e. The minimum absolute atomic E-state index is 0.0920. The topological polar surface area (TPSA) is 142 Å². The van der Waals surface area contributed by atoms with Crippen LogP contribution in [0.2, 0.25) is 0 Å². The minimum atomic E-state index is -1.35. The number of hydrogen-bond donors (Lipinski definition) is 2. The highest BCUT2D eigenvalue weighted by Gasteiger charge is 2.74. The third-order valence-corrected chi connectivity index (χ3v) is 7.24. The van der Waals surface area contributed by atoms with Crippen LogP contribution in [0.5, 0.6) is 11.5 Å². The first-order valence-corrected chi connectivity index (χ1v) is 11.2. The van der Waals surface area contributed by atoms with E-state index in [0.29, 0.717) is 41.7 Å². The number of nitrogens with two attached hydrogens (primary N) is 1. The van der Waals surface area contributed by atoms with Crippen LogP contribution in [0.25, 0.3) is 0 Å². The standard InChI is InChI=1S/C24H21N3O7/c28-18(29)8-6-15-19-20(24(26-15)13-3-1-2-4-14(13)25-23(24)32)22(31)27(21(19)30)12-5-7-16-17(11-12)34-10-9-33-16/h1-5,7,11,15,19-20,26H,6,8-10H2,(H,25,32)(H,28,29)/t15-,19-,20+,24-/m1/s1. The zero-order chi connectivity index (χ0) is 23.6. The number of imide groups is 1. The largest absolute Gasteiger partial charge is 0.550 e. The first kappa shape index (κ1) is 20.7. The van der Waals surface area contributed by atoms with E-state index in [4.69, 9.17) is 9.47 Å². The van der Waals surface area contributed by atoms with Gasteiger partial charge in [-0.05, 0) is 24.6 Å². The number of rotatable bonds is 4. The summed E-state index contributed by atoms with van der Waals surface area (Å²) in [4.78, 5) is 53.2. The number of hydrogen-bond acceptors (Lipinski definition) is 7. The second-order valence-corrected chi connectivity index (χ2v) is 8.95. The average molecular weight is 463 g/mol. The highest BCUT2D eigenvalue weighted by Crippen LogP contribution is 2.50. The van der Waals surface area contributed by atoms with Crippen molar-refractivity contribution in [2.75, 3.05) is 23.4 Å². The van der Waals surface area contributed by atoms with Crippen molar-refractivity contribution in [2.24, 2.45) is 11.8 Å². The van der Waals surface area contributed by atoms with Gasteiger partial charge in [0.25, 0.3) is 5.91 Å². The predicted octanol–water partition coefficient (Wildman–Crippen LogP) is -1.11. The molecule has 4 heterocycles. The Labute approximate surface area is 193 Å². The molecule has 0 aliphatic carbocycles. The number of benzene rings is 2. The lowest BCUT2D eigenvalue weighted by Crippen LogP contribution is -2.99. The van der Waals surface area contributed by atoms with Gasteiger partial charge in [-0.15, -0.1) is 0 Å². The van der Waals surface area contributed by atoms with E-state index in [1.165, 1.54) is 0 Å². The number of carbonyl (C=O) groups excluding carboxylic acids is 4. The molecule has 2 fully saturated rings. The molecule has 4 aliphatic heterocycles. The lowest BCUT2D eigenvalue weighted by Gasteiger charge is -2.27. The molecular formula is C24H21N3O7. The molecule has 4 aliphatic rings. The van der Waals surface area contributed by atoms with Crippen LogP contribution in [-0.2, 0) is 24.7 Å². The summed E-state index contributed by atoms with van der Waals surface area (Å²) in [6, 6.07) is 11.3. The number of carbonyl (C=O) groups is 4. The number of carboxylic acids is 1. The average Bonchev–Trinajstić information content (AvgIpc) is 3.42. The van der Waals surface area contributed by atoms with Crippen LogP contribution in [0.1, 0.15) is 18.4 Å². The molecule has 0 saturated carbocycles. The van der Waals surface area contributed by atoms with Gasteiger partial charge in [0.05, 0.1) is 11.4 Å². The fraction of sp³-hybridized carbons (Fsp3) is 0.333. The molecule has 0 radical (unpaired) electrons. The summed E-state index contributed by atoms with van der Waals surface area (Å²) in [5, 5.41) is 15.8. The van der Waals surface area contributed by atoms with Crippen molar-refractivity contribution in [3.63, 3.8) is 0 Å². The van der Waals surface area contributed by atoms with E-state index in [9.17, 15) is 24.3 Å². The highest BCUT2D eigenvalue weighted by molar-refractivity contribution is 6.25. The summed E-state index contributed by atoms with van der Waals surface area (Å²) in [7, 11) is 0. The molecule has 10 nitrogen and oxygen atoms in total. The fourth-order valence-electron chi connectivity index (χ4n) is 5.89. The van der Waals surface area contributed by atoms with Crippen LogP contribution in [0.4, 0.5) is 11.4 Å². The number of para-hydroxylation sites is 1. The lowest BCUT2D eigenvalue weighted by molar-refractivity contribution is -0.733. The number of fused-ring (bicyclic) bond motifs is 5. The Hall–Kier alpha value is -3.92. The van der Waals surface area contributed by atoms with E-state index >= 15 is 0 Å². The van der Waals surface area contributed by atoms with Crippen LogP contribution in [0.15, 0.2) is 42.5 Å². The molecule has 3 amide bonds. The summed E-state index contributed by atoms with van der Waals surface area (Å²) in [5.74, 6) is -3.48. The third-order valence-electron chi connectivity index (χ3n) is 7.24. The van der Waals surface area contributed by atoms with Crippen LogP contribution in [-0.4, -0.2) is 42.9 Å². The van der Waals surface area contributed by atoms with Crippen LogP contribution in [0, 0.1) is 11.8 Å². The van der Waals surface area contributed by atoms with Crippen molar-refractivity contribution < 1.29 is 39.1 Å². The molecule has 2 aromatic rings. The molecule has 0 aromatic heterocycles. The van der Waals surface area contributed by atoms with E-state index in [1.807, 2.05) is 0 Å². The number of amides is 3. The van der Waals surface area contributed by atoms with Gasteiger partial charge in [-0.25, -0.2) is 4.90 Å². The van der Waals surface area contributed by atoms with E-state index in [0.717, 1.165) is 4.90 Å². The quantitative estimate of drug-likeness (QED) is 0.548. The first-order valence-electron chi connectivity index (χ1n) is 11.2. The number of nitrogens with one attached hydrogen (secondary N) is 1. The van der Waals surface area contributed by atoms with Gasteiger partial charge >= 0.3 is 0 Å². The third kappa shape index (κ3) is 2.72. The van der Waals surface area contributed by atoms with Gasteiger partial charge in [-0.3, -0.25) is 14.4 Å². The highest BCUT2D eigenvalue weighted by atomic mass is 16.6. The number of aliphatic carboxylic acids is 1. The first-order chi connectivity index (χ1) is 16.4. The van der Waals surface area contributed by atoms with E-state index < -0.39 is 41.2 Å².